The molecule has 0 saturated carbocycles. The van der Waals surface area contributed by atoms with E-state index < -0.39 is 0 Å². The van der Waals surface area contributed by atoms with Gasteiger partial charge in [0.15, 0.2) is 5.75 Å². The molecule has 0 fully saturated rings. The van der Waals surface area contributed by atoms with E-state index in [1.54, 1.807) is 11.0 Å². The summed E-state index contributed by atoms with van der Waals surface area (Å²) in [5, 5.41) is 6.84. The smallest absolute Gasteiger partial charge is 0.226 e. The van der Waals surface area contributed by atoms with E-state index in [0.717, 1.165) is 5.75 Å². The quantitative estimate of drug-likeness (QED) is 0.759. The number of ether oxygens (including phenoxy) is 1. The van der Waals surface area contributed by atoms with Crippen molar-refractivity contribution in [3.8, 4) is 11.5 Å². The monoisotopic (exact) mass is 308 g/mol. The van der Waals surface area contributed by atoms with E-state index in [-0.39, 0.29) is 5.91 Å². The van der Waals surface area contributed by atoms with Crippen LogP contribution in [0, 0.1) is 0 Å². The highest BCUT2D eigenvalue weighted by molar-refractivity contribution is 5.92. The summed E-state index contributed by atoms with van der Waals surface area (Å²) in [6, 6.07) is 16.8. The molecule has 116 valence electrons. The summed E-state index contributed by atoms with van der Waals surface area (Å²) in [5.41, 5.74) is 0.639. The van der Waals surface area contributed by atoms with Gasteiger partial charge >= 0.3 is 0 Å². The zero-order valence-corrected chi connectivity index (χ0v) is 12.4. The number of nitrogens with one attached hydrogen (secondary N) is 1. The highest BCUT2D eigenvalue weighted by atomic mass is 16.5. The average Bonchev–Trinajstić information content (AvgIpc) is 3.09. The number of benzene rings is 2. The summed E-state index contributed by atoms with van der Waals surface area (Å²) < 4.78 is 7.44. The number of anilines is 1. The van der Waals surface area contributed by atoms with Gasteiger partial charge < -0.3 is 10.1 Å². The molecule has 1 aromatic heterocycles. The predicted octanol–water partition coefficient (Wildman–Crippen LogP) is 3.10. The van der Waals surface area contributed by atoms with Crippen molar-refractivity contribution in [3.05, 3.63) is 67.3 Å². The molecule has 1 N–H and O–H groups in total. The molecule has 6 nitrogen and oxygen atoms in total. The topological polar surface area (TPSA) is 69.0 Å². The van der Waals surface area contributed by atoms with E-state index in [2.05, 4.69) is 15.4 Å². The molecular formula is C17H16N4O2. The number of aryl methyl sites for hydroxylation is 1. The van der Waals surface area contributed by atoms with Gasteiger partial charge in [-0.05, 0) is 24.3 Å². The number of para-hydroxylation sites is 3. The first-order valence-electron chi connectivity index (χ1n) is 7.25. The Morgan fingerprint density at radius 2 is 1.87 bits per heavy atom. The van der Waals surface area contributed by atoms with E-state index in [9.17, 15) is 4.79 Å². The largest absolute Gasteiger partial charge is 0.455 e. The van der Waals surface area contributed by atoms with E-state index >= 15 is 0 Å². The van der Waals surface area contributed by atoms with Crippen LogP contribution in [0.1, 0.15) is 6.42 Å². The second kappa shape index (κ2) is 7.22. The third kappa shape index (κ3) is 4.16. The molecule has 0 aliphatic heterocycles. The molecule has 0 aliphatic rings. The molecule has 0 bridgehead atoms. The molecule has 6 heteroatoms. The molecule has 0 unspecified atom stereocenters. The van der Waals surface area contributed by atoms with Gasteiger partial charge in [-0.15, -0.1) is 0 Å². The molecule has 0 saturated heterocycles. The lowest BCUT2D eigenvalue weighted by atomic mass is 10.2. The first-order valence-corrected chi connectivity index (χ1v) is 7.25. The summed E-state index contributed by atoms with van der Waals surface area (Å²) in [6.07, 6.45) is 3.34. The van der Waals surface area contributed by atoms with E-state index in [1.807, 2.05) is 54.6 Å². The lowest BCUT2D eigenvalue weighted by molar-refractivity contribution is -0.116. The van der Waals surface area contributed by atoms with Crippen LogP contribution in [-0.4, -0.2) is 20.7 Å². The number of aromatic nitrogens is 3. The molecule has 1 heterocycles. The minimum atomic E-state index is -0.107. The number of amides is 1. The molecule has 0 spiro atoms. The lowest BCUT2D eigenvalue weighted by Gasteiger charge is -2.12. The minimum absolute atomic E-state index is 0.107. The molecule has 1 amide bonds. The molecule has 3 aromatic rings. The first kappa shape index (κ1) is 14.8. The van der Waals surface area contributed by atoms with Crippen molar-refractivity contribution >= 4 is 11.6 Å². The van der Waals surface area contributed by atoms with Crippen LogP contribution >= 0.6 is 0 Å². The van der Waals surface area contributed by atoms with Crippen molar-refractivity contribution in [3.63, 3.8) is 0 Å². The number of carbonyl (C=O) groups excluding carboxylic acids is 1. The fraction of sp³-hybridized carbons (Fsp3) is 0.118. The normalized spacial score (nSPS) is 10.3. The summed E-state index contributed by atoms with van der Waals surface area (Å²) >= 11 is 0. The Bertz CT molecular complexity index is 757. The maximum Gasteiger partial charge on any atom is 0.226 e. The van der Waals surface area contributed by atoms with Crippen molar-refractivity contribution in [1.82, 2.24) is 14.8 Å². The van der Waals surface area contributed by atoms with Gasteiger partial charge in [-0.1, -0.05) is 30.3 Å². The standard InChI is InChI=1S/C17H16N4O2/c22-17(10-11-21-13-18-12-19-21)20-15-8-4-5-9-16(15)23-14-6-2-1-3-7-14/h1-9,12-13H,10-11H2,(H,20,22). The summed E-state index contributed by atoms with van der Waals surface area (Å²) in [4.78, 5) is 15.9. The van der Waals surface area contributed by atoms with Crippen molar-refractivity contribution in [2.75, 3.05) is 5.32 Å². The van der Waals surface area contributed by atoms with Crippen LogP contribution in [0.25, 0.3) is 0 Å². The van der Waals surface area contributed by atoms with Gasteiger partial charge in [0.2, 0.25) is 5.91 Å². The third-order valence-corrected chi connectivity index (χ3v) is 3.17. The number of hydrogen-bond acceptors (Lipinski definition) is 4. The van der Waals surface area contributed by atoms with Gasteiger partial charge in [-0.2, -0.15) is 5.10 Å². The Morgan fingerprint density at radius 3 is 2.65 bits per heavy atom. The predicted molar refractivity (Wildman–Crippen MR) is 86.2 cm³/mol. The van der Waals surface area contributed by atoms with E-state index in [1.165, 1.54) is 6.33 Å². The third-order valence-electron chi connectivity index (χ3n) is 3.17. The molecule has 2 aromatic carbocycles. The van der Waals surface area contributed by atoms with Gasteiger partial charge in [0.1, 0.15) is 18.4 Å². The van der Waals surface area contributed by atoms with Crippen LogP contribution in [0.4, 0.5) is 5.69 Å². The van der Waals surface area contributed by atoms with Gasteiger partial charge in [0.25, 0.3) is 0 Å². The van der Waals surface area contributed by atoms with E-state index in [4.69, 9.17) is 4.74 Å². The zero-order valence-electron chi connectivity index (χ0n) is 12.4. The van der Waals surface area contributed by atoms with Crippen molar-refractivity contribution in [1.29, 1.82) is 0 Å². The highest BCUT2D eigenvalue weighted by Crippen LogP contribution is 2.29. The van der Waals surface area contributed by atoms with Gasteiger partial charge in [0, 0.05) is 6.42 Å². The van der Waals surface area contributed by atoms with E-state index in [0.29, 0.717) is 24.4 Å². The minimum Gasteiger partial charge on any atom is -0.455 e. The average molecular weight is 308 g/mol. The van der Waals surface area contributed by atoms with Gasteiger partial charge in [-0.3, -0.25) is 9.48 Å². The number of rotatable bonds is 6. The second-order valence-corrected chi connectivity index (χ2v) is 4.87. The second-order valence-electron chi connectivity index (χ2n) is 4.87. The number of carbonyl (C=O) groups is 1. The maximum absolute atomic E-state index is 12.1. The number of hydrogen-bond donors (Lipinski definition) is 1. The van der Waals surface area contributed by atoms with Crippen LogP contribution in [-0.2, 0) is 11.3 Å². The number of nitrogens with zero attached hydrogens (tertiary/aromatic N) is 3. The Kier molecular flexibility index (Phi) is 4.63. The van der Waals surface area contributed by atoms with Crippen molar-refractivity contribution in [2.45, 2.75) is 13.0 Å². The van der Waals surface area contributed by atoms with Crippen LogP contribution < -0.4 is 10.1 Å². The Labute approximate surface area is 133 Å². The zero-order chi connectivity index (χ0) is 15.9. The van der Waals surface area contributed by atoms with Gasteiger partial charge in [-0.25, -0.2) is 4.98 Å². The van der Waals surface area contributed by atoms with Crippen LogP contribution in [0.5, 0.6) is 11.5 Å². The molecular weight excluding hydrogens is 292 g/mol. The fourth-order valence-corrected chi connectivity index (χ4v) is 2.05. The maximum atomic E-state index is 12.1. The van der Waals surface area contributed by atoms with Gasteiger partial charge in [0.05, 0.1) is 12.2 Å². The first-order chi connectivity index (χ1) is 11.3. The van der Waals surface area contributed by atoms with Crippen LogP contribution in [0.15, 0.2) is 67.3 Å². The molecule has 3 rings (SSSR count). The van der Waals surface area contributed by atoms with Crippen LogP contribution in [0.3, 0.4) is 0 Å². The van der Waals surface area contributed by atoms with Crippen molar-refractivity contribution in [2.24, 2.45) is 0 Å². The SMILES string of the molecule is O=C(CCn1cncn1)Nc1ccccc1Oc1ccccc1. The summed E-state index contributed by atoms with van der Waals surface area (Å²) in [6.45, 7) is 0.480. The molecule has 23 heavy (non-hydrogen) atoms. The fourth-order valence-electron chi connectivity index (χ4n) is 2.05. The summed E-state index contributed by atoms with van der Waals surface area (Å²) in [7, 11) is 0. The molecule has 0 radical (unpaired) electrons. The molecule has 0 atom stereocenters. The highest BCUT2D eigenvalue weighted by Gasteiger charge is 2.08. The van der Waals surface area contributed by atoms with Crippen LogP contribution in [0.2, 0.25) is 0 Å². The molecule has 0 aliphatic carbocycles. The Morgan fingerprint density at radius 1 is 1.09 bits per heavy atom. The lowest BCUT2D eigenvalue weighted by Crippen LogP contribution is -2.15. The Hall–Kier alpha value is -3.15. The Balaban J connectivity index is 1.64. The summed E-state index contributed by atoms with van der Waals surface area (Å²) in [5.74, 6) is 1.22. The van der Waals surface area contributed by atoms with Crippen molar-refractivity contribution < 1.29 is 9.53 Å².